The van der Waals surface area contributed by atoms with Crippen molar-refractivity contribution in [1.82, 2.24) is 0 Å². The van der Waals surface area contributed by atoms with E-state index in [9.17, 15) is 26.7 Å². The van der Waals surface area contributed by atoms with Gasteiger partial charge in [-0.25, -0.2) is 30.7 Å². The van der Waals surface area contributed by atoms with Crippen LogP contribution in [0.15, 0.2) is 72.3 Å². The van der Waals surface area contributed by atoms with Gasteiger partial charge in [0.05, 0.1) is 5.92 Å². The number of fused-ring (bicyclic) bond motifs is 1. The predicted molar refractivity (Wildman–Crippen MR) is 106 cm³/mol. The Balaban J connectivity index is 1.79. The van der Waals surface area contributed by atoms with Crippen molar-refractivity contribution in [3.05, 3.63) is 113 Å². The Bertz CT molecular complexity index is 1410. The van der Waals surface area contributed by atoms with Gasteiger partial charge in [-0.3, -0.25) is 4.79 Å². The van der Waals surface area contributed by atoms with Crippen molar-refractivity contribution < 1.29 is 49.0 Å². The van der Waals surface area contributed by atoms with E-state index in [0.29, 0.717) is 0 Å². The quantitative estimate of drug-likeness (QED) is 0.223. The van der Waals surface area contributed by atoms with Crippen LogP contribution in [0.5, 0.6) is 5.75 Å². The molecule has 4 atom stereocenters. The smallest absolute Gasteiger partial charge is 0.250 e. The molecule has 0 amide bonds. The number of hydrogen-bond acceptors (Lipinski definition) is 2. The molecule has 186 valence electrons. The number of Topliss-reactive ketones (excluding diaryl/α,β-unsaturated/α-hetero) is 1. The minimum atomic E-state index is -4.01. The van der Waals surface area contributed by atoms with Crippen LogP contribution in [0.3, 0.4) is 0 Å². The largest absolute Gasteiger partial charge is 0.469 e. The van der Waals surface area contributed by atoms with Gasteiger partial charge in [-0.1, -0.05) is 60.7 Å². The molecule has 3 aromatic carbocycles. The summed E-state index contributed by atoms with van der Waals surface area (Å²) in [5.74, 6) is -24.4. The molecule has 2 aliphatic carbocycles. The van der Waals surface area contributed by atoms with Crippen LogP contribution < -0.4 is 4.74 Å². The fourth-order valence-corrected chi connectivity index (χ4v) is 4.71. The maximum Gasteiger partial charge on any atom is 0.250 e. The molecule has 3 unspecified atom stereocenters. The van der Waals surface area contributed by atoms with Crippen LogP contribution in [-0.4, -0.2) is 17.1 Å². The molecule has 0 heterocycles. The molecule has 0 saturated heterocycles. The summed E-state index contributed by atoms with van der Waals surface area (Å²) in [6.45, 7) is 0. The van der Waals surface area contributed by atoms with Gasteiger partial charge in [0, 0.05) is 5.56 Å². The number of ketones is 1. The topological polar surface area (TPSA) is 26.3 Å². The van der Waals surface area contributed by atoms with Crippen molar-refractivity contribution in [3.8, 4) is 5.75 Å². The number of ether oxygens (including phenoxy) is 1. The van der Waals surface area contributed by atoms with Gasteiger partial charge in [-0.15, -0.1) is 0 Å². The SMILES string of the molecule is O=C1C2(F)C(c3ccccc3)C2(Oc2c(F)c(F)c(F)c(F)c2F)C(F)=C(F)[C@@]1(F)c1ccccc1. The standard InChI is InChI=1S/C25H11F9O2/c26-13-14(27)16(29)18(17(30)15(13)28)36-25-19(11-7-3-1-4-8-11)24(25,34)22(35)23(33,20(31)21(25)32)12-9-5-2-6-10-12/h1-10,19H/t19?,23-,24?,25?/m0/s1. The normalized spacial score (nSPS) is 29.2. The molecule has 0 bridgehead atoms. The van der Waals surface area contributed by atoms with E-state index in [2.05, 4.69) is 0 Å². The summed E-state index contributed by atoms with van der Waals surface area (Å²) in [6, 6.07) is 11.6. The summed E-state index contributed by atoms with van der Waals surface area (Å²) in [5.41, 5.74) is -12.5. The van der Waals surface area contributed by atoms with E-state index in [1.807, 2.05) is 0 Å². The predicted octanol–water partition coefficient (Wildman–Crippen LogP) is 6.60. The summed E-state index contributed by atoms with van der Waals surface area (Å²) in [6.07, 6.45) is 0. The van der Waals surface area contributed by atoms with Crippen LogP contribution in [0.2, 0.25) is 0 Å². The lowest BCUT2D eigenvalue weighted by atomic mass is 9.81. The van der Waals surface area contributed by atoms with Crippen LogP contribution in [0, 0.1) is 29.1 Å². The highest BCUT2D eigenvalue weighted by molar-refractivity contribution is 6.07. The monoisotopic (exact) mass is 514 g/mol. The van der Waals surface area contributed by atoms with Crippen molar-refractivity contribution in [3.63, 3.8) is 0 Å². The summed E-state index contributed by atoms with van der Waals surface area (Å²) in [7, 11) is 0. The van der Waals surface area contributed by atoms with E-state index in [4.69, 9.17) is 4.74 Å². The van der Waals surface area contributed by atoms with Gasteiger partial charge in [0.2, 0.25) is 46.1 Å². The molecule has 0 aromatic heterocycles. The summed E-state index contributed by atoms with van der Waals surface area (Å²) in [5, 5.41) is 0. The number of carbonyl (C=O) groups excluding carboxylic acids is 1. The molecule has 0 aliphatic heterocycles. The maximum absolute atomic E-state index is 16.5. The van der Waals surface area contributed by atoms with Crippen molar-refractivity contribution in [2.45, 2.75) is 22.9 Å². The van der Waals surface area contributed by atoms with Crippen molar-refractivity contribution in [2.24, 2.45) is 0 Å². The number of hydrogen-bond donors (Lipinski definition) is 0. The zero-order valence-corrected chi connectivity index (χ0v) is 17.6. The second kappa shape index (κ2) is 7.62. The van der Waals surface area contributed by atoms with Gasteiger partial charge in [0.25, 0.3) is 5.67 Å². The minimum Gasteiger partial charge on any atom is -0.469 e. The summed E-state index contributed by atoms with van der Waals surface area (Å²) in [4.78, 5) is 13.2. The number of carbonyl (C=O) groups is 1. The highest BCUT2D eigenvalue weighted by Crippen LogP contribution is 2.74. The van der Waals surface area contributed by atoms with E-state index in [1.54, 1.807) is 0 Å². The van der Waals surface area contributed by atoms with Crippen LogP contribution in [0.1, 0.15) is 17.0 Å². The lowest BCUT2D eigenvalue weighted by Gasteiger charge is -2.32. The first-order valence-corrected chi connectivity index (χ1v) is 10.3. The zero-order valence-electron chi connectivity index (χ0n) is 17.6. The fourth-order valence-electron chi connectivity index (χ4n) is 4.71. The minimum absolute atomic E-state index is 0.294. The Kier molecular flexibility index (Phi) is 5.07. The van der Waals surface area contributed by atoms with Gasteiger partial charge in [-0.2, -0.15) is 8.78 Å². The summed E-state index contributed by atoms with van der Waals surface area (Å²) < 4.78 is 138. The molecular weight excluding hydrogens is 503 g/mol. The Hall–Kier alpha value is -3.76. The third-order valence-corrected chi connectivity index (χ3v) is 6.46. The van der Waals surface area contributed by atoms with Crippen LogP contribution in [0.25, 0.3) is 0 Å². The molecule has 0 N–H and O–H groups in total. The zero-order chi connectivity index (χ0) is 26.2. The first-order chi connectivity index (χ1) is 17.0. The third-order valence-electron chi connectivity index (χ3n) is 6.46. The Labute approximate surface area is 196 Å². The van der Waals surface area contributed by atoms with E-state index in [1.165, 1.54) is 24.3 Å². The molecule has 0 radical (unpaired) electrons. The fraction of sp³-hybridized carbons (Fsp3) is 0.160. The first kappa shape index (κ1) is 24.0. The van der Waals surface area contributed by atoms with Crippen molar-refractivity contribution in [2.75, 3.05) is 0 Å². The van der Waals surface area contributed by atoms with Gasteiger partial charge >= 0.3 is 0 Å². The lowest BCUT2D eigenvalue weighted by Crippen LogP contribution is -2.50. The maximum atomic E-state index is 16.5. The van der Waals surface area contributed by atoms with Crippen LogP contribution in [-0.2, 0) is 10.5 Å². The number of rotatable bonds is 4. The third kappa shape index (κ3) is 2.68. The van der Waals surface area contributed by atoms with Crippen molar-refractivity contribution in [1.29, 1.82) is 0 Å². The molecule has 5 rings (SSSR count). The molecule has 2 aliphatic rings. The number of allylic oxidation sites excluding steroid dienone is 1. The Morgan fingerprint density at radius 3 is 1.64 bits per heavy atom. The molecule has 3 aromatic rings. The van der Waals surface area contributed by atoms with E-state index < -0.39 is 80.7 Å². The average Bonchev–Trinajstić information content (AvgIpc) is 3.47. The highest BCUT2D eigenvalue weighted by atomic mass is 19.2. The number of benzene rings is 3. The van der Waals surface area contributed by atoms with Gasteiger partial charge in [0.15, 0.2) is 17.4 Å². The van der Waals surface area contributed by atoms with E-state index in [-0.39, 0.29) is 5.56 Å². The molecule has 0 spiro atoms. The molecule has 11 heteroatoms. The number of halogens is 9. The van der Waals surface area contributed by atoms with Gasteiger partial charge < -0.3 is 4.74 Å². The average molecular weight is 514 g/mol. The first-order valence-electron chi connectivity index (χ1n) is 10.3. The Morgan fingerprint density at radius 2 is 1.11 bits per heavy atom. The van der Waals surface area contributed by atoms with Gasteiger partial charge in [0.1, 0.15) is 0 Å². The molecule has 2 nitrogen and oxygen atoms in total. The molecule has 1 saturated carbocycles. The van der Waals surface area contributed by atoms with Crippen LogP contribution in [0.4, 0.5) is 39.5 Å². The van der Waals surface area contributed by atoms with E-state index in [0.717, 1.165) is 36.4 Å². The highest BCUT2D eigenvalue weighted by Gasteiger charge is 2.93. The molecule has 36 heavy (non-hydrogen) atoms. The summed E-state index contributed by atoms with van der Waals surface area (Å²) >= 11 is 0. The van der Waals surface area contributed by atoms with Gasteiger partial charge in [-0.05, 0) is 5.56 Å². The second-order valence-corrected chi connectivity index (χ2v) is 8.27. The second-order valence-electron chi connectivity index (χ2n) is 8.27. The lowest BCUT2D eigenvalue weighted by molar-refractivity contribution is -0.141. The van der Waals surface area contributed by atoms with E-state index >= 15 is 17.6 Å². The molecular formula is C25H11F9O2. The number of alkyl halides is 2. The molecule has 1 fully saturated rings. The van der Waals surface area contributed by atoms with Crippen LogP contribution >= 0.6 is 0 Å². The Morgan fingerprint density at radius 1 is 0.639 bits per heavy atom. The van der Waals surface area contributed by atoms with Crippen molar-refractivity contribution >= 4 is 5.78 Å².